The highest BCUT2D eigenvalue weighted by atomic mass is 32.1. The van der Waals surface area contributed by atoms with E-state index in [1.165, 1.54) is 0 Å². The predicted octanol–water partition coefficient (Wildman–Crippen LogP) is 5.55. The van der Waals surface area contributed by atoms with Crippen molar-refractivity contribution in [2.75, 3.05) is 5.32 Å². The summed E-state index contributed by atoms with van der Waals surface area (Å²) in [7, 11) is 0. The van der Waals surface area contributed by atoms with Crippen LogP contribution in [0.15, 0.2) is 65.1 Å². The average Bonchev–Trinajstić information content (AvgIpc) is 3.11. The van der Waals surface area contributed by atoms with Gasteiger partial charge in [0, 0.05) is 16.8 Å². The van der Waals surface area contributed by atoms with Crippen LogP contribution in [0.4, 0.5) is 5.69 Å². The number of thiocarbonyl (C=S) groups is 1. The third-order valence-corrected chi connectivity index (χ3v) is 5.08. The molecule has 5 nitrogen and oxygen atoms in total. The van der Waals surface area contributed by atoms with E-state index in [2.05, 4.69) is 15.6 Å². The van der Waals surface area contributed by atoms with E-state index >= 15 is 0 Å². The highest BCUT2D eigenvalue weighted by Gasteiger charge is 2.13. The number of nitrogens with one attached hydrogen (secondary N) is 2. The minimum Gasteiger partial charge on any atom is -0.436 e. The fourth-order valence-corrected chi connectivity index (χ4v) is 3.54. The Hall–Kier alpha value is -3.51. The van der Waals surface area contributed by atoms with Crippen LogP contribution < -0.4 is 10.6 Å². The Labute approximate surface area is 180 Å². The molecular weight excluding hydrogens is 394 g/mol. The van der Waals surface area contributed by atoms with Crippen molar-refractivity contribution in [1.29, 1.82) is 0 Å². The Morgan fingerprint density at radius 1 is 0.967 bits per heavy atom. The number of carbonyl (C=O) groups excluding carboxylic acids is 1. The van der Waals surface area contributed by atoms with Crippen LogP contribution >= 0.6 is 12.2 Å². The second kappa shape index (κ2) is 8.08. The van der Waals surface area contributed by atoms with Gasteiger partial charge in [0.1, 0.15) is 5.52 Å². The van der Waals surface area contributed by atoms with Crippen molar-refractivity contribution in [3.63, 3.8) is 0 Å². The first-order valence-corrected chi connectivity index (χ1v) is 9.98. The van der Waals surface area contributed by atoms with Crippen LogP contribution in [0.25, 0.3) is 22.6 Å². The minimum atomic E-state index is -0.241. The van der Waals surface area contributed by atoms with Crippen molar-refractivity contribution in [1.82, 2.24) is 10.3 Å². The SMILES string of the molecule is Cc1ccc(C(=O)NC(=S)Nc2ccc3oc(-c4ccccc4C)nc3c2)c(C)c1. The van der Waals surface area contributed by atoms with E-state index in [4.69, 9.17) is 16.6 Å². The molecule has 0 aliphatic heterocycles. The van der Waals surface area contributed by atoms with Gasteiger partial charge in [0.25, 0.3) is 5.91 Å². The minimum absolute atomic E-state index is 0.224. The largest absolute Gasteiger partial charge is 0.436 e. The lowest BCUT2D eigenvalue weighted by atomic mass is 10.1. The van der Waals surface area contributed by atoms with Crippen molar-refractivity contribution in [2.24, 2.45) is 0 Å². The van der Waals surface area contributed by atoms with Gasteiger partial charge in [-0.3, -0.25) is 10.1 Å². The van der Waals surface area contributed by atoms with Gasteiger partial charge in [-0.1, -0.05) is 35.9 Å². The van der Waals surface area contributed by atoms with Gasteiger partial charge < -0.3 is 9.73 Å². The van der Waals surface area contributed by atoms with Crippen molar-refractivity contribution in [2.45, 2.75) is 20.8 Å². The quantitative estimate of drug-likeness (QED) is 0.430. The molecule has 0 saturated heterocycles. The highest BCUT2D eigenvalue weighted by Crippen LogP contribution is 2.28. The maximum atomic E-state index is 12.5. The summed E-state index contributed by atoms with van der Waals surface area (Å²) in [5.41, 5.74) is 6.78. The average molecular weight is 416 g/mol. The summed E-state index contributed by atoms with van der Waals surface area (Å²) in [6.45, 7) is 5.92. The van der Waals surface area contributed by atoms with Crippen LogP contribution in [-0.4, -0.2) is 16.0 Å². The van der Waals surface area contributed by atoms with E-state index in [0.29, 0.717) is 22.6 Å². The molecule has 0 aliphatic rings. The van der Waals surface area contributed by atoms with Gasteiger partial charge in [-0.25, -0.2) is 4.98 Å². The molecule has 1 heterocycles. The predicted molar refractivity (Wildman–Crippen MR) is 124 cm³/mol. The zero-order valence-corrected chi connectivity index (χ0v) is 17.8. The Bertz CT molecular complexity index is 1280. The van der Waals surface area contributed by atoms with Crippen LogP contribution in [0.5, 0.6) is 0 Å². The number of anilines is 1. The molecule has 0 fully saturated rings. The standard InChI is InChI=1S/C24H21N3O2S/c1-14-8-10-18(16(3)12-14)22(28)27-24(30)25-17-9-11-21-20(13-17)26-23(29-21)19-7-5-4-6-15(19)2/h4-13H,1-3H3,(H2,25,27,28,30). The molecule has 150 valence electrons. The summed E-state index contributed by atoms with van der Waals surface area (Å²) in [5.74, 6) is 0.334. The molecule has 3 aromatic carbocycles. The van der Waals surface area contributed by atoms with Gasteiger partial charge in [-0.2, -0.15) is 0 Å². The van der Waals surface area contributed by atoms with E-state index < -0.39 is 0 Å². The van der Waals surface area contributed by atoms with Gasteiger partial charge >= 0.3 is 0 Å². The first kappa shape index (κ1) is 19.8. The molecule has 0 radical (unpaired) electrons. The Kier molecular flexibility index (Phi) is 5.33. The summed E-state index contributed by atoms with van der Waals surface area (Å²) in [6.07, 6.45) is 0. The molecular formula is C24H21N3O2S. The number of aryl methyl sites for hydroxylation is 3. The van der Waals surface area contributed by atoms with Crippen molar-refractivity contribution < 1.29 is 9.21 Å². The molecule has 4 aromatic rings. The molecule has 0 atom stereocenters. The van der Waals surface area contributed by atoms with Gasteiger partial charge in [0.15, 0.2) is 10.7 Å². The molecule has 0 saturated carbocycles. The van der Waals surface area contributed by atoms with Crippen LogP contribution in [0.3, 0.4) is 0 Å². The Morgan fingerprint density at radius 2 is 1.77 bits per heavy atom. The number of amides is 1. The molecule has 6 heteroatoms. The molecule has 1 aromatic heterocycles. The van der Waals surface area contributed by atoms with Crippen LogP contribution in [-0.2, 0) is 0 Å². The highest BCUT2D eigenvalue weighted by molar-refractivity contribution is 7.80. The second-order valence-electron chi connectivity index (χ2n) is 7.24. The first-order valence-electron chi connectivity index (χ1n) is 9.57. The fraction of sp³-hybridized carbons (Fsp3) is 0.125. The number of fused-ring (bicyclic) bond motifs is 1. The Balaban J connectivity index is 1.50. The normalized spacial score (nSPS) is 10.8. The summed E-state index contributed by atoms with van der Waals surface area (Å²) in [5, 5.41) is 6.00. The topological polar surface area (TPSA) is 67.2 Å². The van der Waals surface area contributed by atoms with Gasteiger partial charge in [0.05, 0.1) is 0 Å². The van der Waals surface area contributed by atoms with Crippen LogP contribution in [0.1, 0.15) is 27.0 Å². The van der Waals surface area contributed by atoms with Crippen molar-refractivity contribution >= 4 is 40.0 Å². The summed E-state index contributed by atoms with van der Waals surface area (Å²) in [4.78, 5) is 17.1. The van der Waals surface area contributed by atoms with E-state index in [1.54, 1.807) is 6.07 Å². The van der Waals surface area contributed by atoms with Crippen molar-refractivity contribution in [3.8, 4) is 11.5 Å². The maximum Gasteiger partial charge on any atom is 0.257 e. The third kappa shape index (κ3) is 4.09. The molecule has 0 unspecified atom stereocenters. The zero-order chi connectivity index (χ0) is 21.3. The van der Waals surface area contributed by atoms with E-state index in [1.807, 2.05) is 75.4 Å². The van der Waals surface area contributed by atoms with Crippen LogP contribution in [0, 0.1) is 20.8 Å². The molecule has 30 heavy (non-hydrogen) atoms. The smallest absolute Gasteiger partial charge is 0.257 e. The zero-order valence-electron chi connectivity index (χ0n) is 16.9. The van der Waals surface area contributed by atoms with E-state index in [0.717, 1.165) is 27.9 Å². The number of hydrogen-bond acceptors (Lipinski definition) is 4. The monoisotopic (exact) mass is 415 g/mol. The fourth-order valence-electron chi connectivity index (χ4n) is 3.33. The number of aromatic nitrogens is 1. The van der Waals surface area contributed by atoms with Gasteiger partial charge in [-0.15, -0.1) is 0 Å². The number of benzene rings is 3. The third-order valence-electron chi connectivity index (χ3n) is 4.87. The van der Waals surface area contributed by atoms with E-state index in [-0.39, 0.29) is 11.0 Å². The number of rotatable bonds is 3. The van der Waals surface area contributed by atoms with Gasteiger partial charge in [-0.05, 0) is 74.4 Å². The summed E-state index contributed by atoms with van der Waals surface area (Å²) < 4.78 is 5.90. The Morgan fingerprint density at radius 3 is 2.53 bits per heavy atom. The lowest BCUT2D eigenvalue weighted by molar-refractivity contribution is 0.0977. The summed E-state index contributed by atoms with van der Waals surface area (Å²) >= 11 is 5.32. The molecule has 4 rings (SSSR count). The van der Waals surface area contributed by atoms with Gasteiger partial charge in [0.2, 0.25) is 5.89 Å². The van der Waals surface area contributed by atoms with E-state index in [9.17, 15) is 4.79 Å². The lowest BCUT2D eigenvalue weighted by Gasteiger charge is -2.11. The molecule has 1 amide bonds. The number of hydrogen-bond donors (Lipinski definition) is 2. The molecule has 0 spiro atoms. The van der Waals surface area contributed by atoms with Crippen molar-refractivity contribution in [3.05, 3.63) is 82.9 Å². The van der Waals surface area contributed by atoms with Crippen LogP contribution in [0.2, 0.25) is 0 Å². The molecule has 0 bridgehead atoms. The number of nitrogens with zero attached hydrogens (tertiary/aromatic N) is 1. The second-order valence-corrected chi connectivity index (χ2v) is 7.65. The number of oxazole rings is 1. The summed E-state index contributed by atoms with van der Waals surface area (Å²) in [6, 6.07) is 19.1. The lowest BCUT2D eigenvalue weighted by Crippen LogP contribution is -2.34. The molecule has 2 N–H and O–H groups in total. The molecule has 0 aliphatic carbocycles. The number of carbonyl (C=O) groups is 1. The maximum absolute atomic E-state index is 12.5. The first-order chi connectivity index (χ1) is 14.4.